The zero-order chi connectivity index (χ0) is 11.5. The zero-order valence-corrected chi connectivity index (χ0v) is 10.5. The number of thioether (sulfide) groups is 1. The second-order valence-corrected chi connectivity index (χ2v) is 4.78. The molecule has 2 heterocycles. The van der Waals surface area contributed by atoms with Gasteiger partial charge in [-0.1, -0.05) is 16.3 Å². The third-order valence-electron chi connectivity index (χ3n) is 2.03. The molecular weight excluding hydrogens is 246 g/mol. The van der Waals surface area contributed by atoms with E-state index in [1.807, 2.05) is 13.8 Å². The van der Waals surface area contributed by atoms with Crippen molar-refractivity contribution >= 4 is 28.3 Å². The van der Waals surface area contributed by atoms with E-state index in [-0.39, 0.29) is 0 Å². The van der Waals surface area contributed by atoms with E-state index < -0.39 is 0 Å². The van der Waals surface area contributed by atoms with Gasteiger partial charge in [0.05, 0.1) is 11.4 Å². The maximum absolute atomic E-state index is 5.44. The Morgan fingerprint density at radius 1 is 1.50 bits per heavy atom. The standard InChI is InChI=1S/C8H11N5OS2/c1-4-5(2)14-8(10-4)15-3-6-7(11-9)16-13-12-6/h11H,3,9H2,1-2H3. The van der Waals surface area contributed by atoms with Crippen LogP contribution in [0.1, 0.15) is 17.1 Å². The lowest BCUT2D eigenvalue weighted by Crippen LogP contribution is -2.06. The first-order valence-electron chi connectivity index (χ1n) is 4.55. The lowest BCUT2D eigenvalue weighted by Gasteiger charge is -1.96. The Balaban J connectivity index is 2.02. The molecule has 0 spiro atoms. The number of aromatic nitrogens is 3. The molecule has 6 nitrogen and oxygen atoms in total. The number of rotatable bonds is 4. The molecule has 0 amide bonds. The summed E-state index contributed by atoms with van der Waals surface area (Å²) >= 11 is 2.70. The van der Waals surface area contributed by atoms with Crippen LogP contribution in [-0.4, -0.2) is 14.6 Å². The van der Waals surface area contributed by atoms with E-state index in [2.05, 4.69) is 20.0 Å². The van der Waals surface area contributed by atoms with Crippen LogP contribution in [0, 0.1) is 13.8 Å². The predicted molar refractivity (Wildman–Crippen MR) is 63.3 cm³/mol. The lowest BCUT2D eigenvalue weighted by atomic mass is 10.4. The number of nitrogens with one attached hydrogen (secondary N) is 1. The van der Waals surface area contributed by atoms with Crippen LogP contribution >= 0.6 is 23.3 Å². The SMILES string of the molecule is Cc1nc(SCc2nnsc2NN)oc1C. The molecule has 0 aliphatic carbocycles. The normalized spacial score (nSPS) is 10.7. The predicted octanol–water partition coefficient (Wildman–Crippen LogP) is 1.72. The summed E-state index contributed by atoms with van der Waals surface area (Å²) in [6, 6.07) is 0. The van der Waals surface area contributed by atoms with E-state index >= 15 is 0 Å². The minimum atomic E-state index is 0.634. The topological polar surface area (TPSA) is 89.9 Å². The molecule has 0 aliphatic rings. The summed E-state index contributed by atoms with van der Waals surface area (Å²) in [6.45, 7) is 3.81. The van der Waals surface area contributed by atoms with E-state index in [4.69, 9.17) is 10.3 Å². The molecule has 0 atom stereocenters. The van der Waals surface area contributed by atoms with Gasteiger partial charge in [-0.05, 0) is 13.8 Å². The first-order chi connectivity index (χ1) is 7.70. The molecule has 2 rings (SSSR count). The summed E-state index contributed by atoms with van der Waals surface area (Å²) in [5.74, 6) is 6.80. The largest absolute Gasteiger partial charge is 0.437 e. The van der Waals surface area contributed by atoms with Crippen molar-refractivity contribution in [2.45, 2.75) is 24.8 Å². The van der Waals surface area contributed by atoms with E-state index in [9.17, 15) is 0 Å². The maximum Gasteiger partial charge on any atom is 0.256 e. The molecular formula is C8H11N5OS2. The Kier molecular flexibility index (Phi) is 3.42. The van der Waals surface area contributed by atoms with Crippen molar-refractivity contribution in [3.63, 3.8) is 0 Å². The molecule has 0 bridgehead atoms. The van der Waals surface area contributed by atoms with Gasteiger partial charge in [0.2, 0.25) is 0 Å². The molecule has 16 heavy (non-hydrogen) atoms. The van der Waals surface area contributed by atoms with Crippen LogP contribution < -0.4 is 11.3 Å². The van der Waals surface area contributed by atoms with Crippen LogP contribution in [-0.2, 0) is 5.75 Å². The fourth-order valence-electron chi connectivity index (χ4n) is 1.05. The van der Waals surface area contributed by atoms with Crippen molar-refractivity contribution < 1.29 is 4.42 Å². The second kappa shape index (κ2) is 4.81. The van der Waals surface area contributed by atoms with Gasteiger partial charge in [-0.15, -0.1) is 5.10 Å². The molecule has 2 aromatic heterocycles. The number of nitrogens with two attached hydrogens (primary N) is 1. The second-order valence-electron chi connectivity index (χ2n) is 3.10. The Bertz CT molecular complexity index is 461. The highest BCUT2D eigenvalue weighted by Crippen LogP contribution is 2.27. The summed E-state index contributed by atoms with van der Waals surface area (Å²) in [5.41, 5.74) is 4.28. The van der Waals surface area contributed by atoms with Gasteiger partial charge < -0.3 is 9.84 Å². The number of hydrogen-bond acceptors (Lipinski definition) is 8. The summed E-state index contributed by atoms with van der Waals surface area (Å²) in [7, 11) is 0. The van der Waals surface area contributed by atoms with Gasteiger partial charge in [0, 0.05) is 11.5 Å². The number of nitrogens with zero attached hydrogens (tertiary/aromatic N) is 3. The maximum atomic E-state index is 5.44. The smallest absolute Gasteiger partial charge is 0.256 e. The molecule has 0 aliphatic heterocycles. The first kappa shape index (κ1) is 11.4. The van der Waals surface area contributed by atoms with E-state index in [1.165, 1.54) is 23.3 Å². The molecule has 3 N–H and O–H groups in total. The summed E-state index contributed by atoms with van der Waals surface area (Å²) in [5, 5.41) is 5.38. The molecule has 0 aromatic carbocycles. The number of anilines is 1. The van der Waals surface area contributed by atoms with Crippen LogP contribution in [0.25, 0.3) is 0 Å². The van der Waals surface area contributed by atoms with Crippen LogP contribution in [0.4, 0.5) is 5.00 Å². The molecule has 0 saturated carbocycles. The van der Waals surface area contributed by atoms with Crippen molar-refractivity contribution in [3.8, 4) is 0 Å². The lowest BCUT2D eigenvalue weighted by molar-refractivity contribution is 0.431. The highest BCUT2D eigenvalue weighted by Gasteiger charge is 2.10. The van der Waals surface area contributed by atoms with Gasteiger partial charge in [0.15, 0.2) is 0 Å². The molecule has 0 unspecified atom stereocenters. The van der Waals surface area contributed by atoms with Gasteiger partial charge in [-0.3, -0.25) is 0 Å². The van der Waals surface area contributed by atoms with Crippen molar-refractivity contribution in [2.75, 3.05) is 5.43 Å². The van der Waals surface area contributed by atoms with E-state index in [1.54, 1.807) is 0 Å². The van der Waals surface area contributed by atoms with Gasteiger partial charge >= 0.3 is 0 Å². The fraction of sp³-hybridized carbons (Fsp3) is 0.375. The van der Waals surface area contributed by atoms with Gasteiger partial charge in [0.25, 0.3) is 5.22 Å². The summed E-state index contributed by atoms with van der Waals surface area (Å²) in [6.07, 6.45) is 0. The van der Waals surface area contributed by atoms with Crippen molar-refractivity contribution in [2.24, 2.45) is 5.84 Å². The molecule has 0 saturated heterocycles. The minimum absolute atomic E-state index is 0.634. The highest BCUT2D eigenvalue weighted by molar-refractivity contribution is 7.98. The third-order valence-corrected chi connectivity index (χ3v) is 3.57. The number of nitrogen functional groups attached to an aromatic ring is 1. The highest BCUT2D eigenvalue weighted by atomic mass is 32.2. The summed E-state index contributed by atoms with van der Waals surface area (Å²) in [4.78, 5) is 4.27. The minimum Gasteiger partial charge on any atom is -0.437 e. The number of aryl methyl sites for hydroxylation is 2. The van der Waals surface area contributed by atoms with Gasteiger partial charge in [-0.25, -0.2) is 10.8 Å². The monoisotopic (exact) mass is 257 g/mol. The molecule has 2 aromatic rings. The Morgan fingerprint density at radius 3 is 2.94 bits per heavy atom. The molecule has 0 radical (unpaired) electrons. The van der Waals surface area contributed by atoms with Crippen LogP contribution in [0.5, 0.6) is 0 Å². The first-order valence-corrected chi connectivity index (χ1v) is 6.31. The van der Waals surface area contributed by atoms with Crippen LogP contribution in [0.3, 0.4) is 0 Å². The van der Waals surface area contributed by atoms with Crippen LogP contribution in [0.15, 0.2) is 9.64 Å². The van der Waals surface area contributed by atoms with Gasteiger partial charge in [-0.2, -0.15) is 0 Å². The fourth-order valence-corrected chi connectivity index (χ4v) is 2.48. The summed E-state index contributed by atoms with van der Waals surface area (Å²) < 4.78 is 9.25. The van der Waals surface area contributed by atoms with E-state index in [0.717, 1.165) is 22.1 Å². The molecule has 0 fully saturated rings. The number of hydrogen-bond donors (Lipinski definition) is 2. The quantitative estimate of drug-likeness (QED) is 0.489. The van der Waals surface area contributed by atoms with Crippen LogP contribution in [0.2, 0.25) is 0 Å². The third kappa shape index (κ3) is 2.34. The van der Waals surface area contributed by atoms with Crippen molar-refractivity contribution in [1.82, 2.24) is 14.6 Å². The Labute approximate surface area is 101 Å². The number of hydrazine groups is 1. The van der Waals surface area contributed by atoms with E-state index in [0.29, 0.717) is 11.0 Å². The average molecular weight is 257 g/mol. The Morgan fingerprint density at radius 2 is 2.31 bits per heavy atom. The van der Waals surface area contributed by atoms with Crippen molar-refractivity contribution in [3.05, 3.63) is 17.1 Å². The van der Waals surface area contributed by atoms with Gasteiger partial charge in [0.1, 0.15) is 16.5 Å². The molecule has 86 valence electrons. The van der Waals surface area contributed by atoms with Crippen molar-refractivity contribution in [1.29, 1.82) is 0 Å². The zero-order valence-electron chi connectivity index (χ0n) is 8.85. The number of oxazole rings is 1. The molecule has 8 heteroatoms. The Hall–Kier alpha value is -1.12. The average Bonchev–Trinajstić information content (AvgIpc) is 2.83.